The lowest BCUT2D eigenvalue weighted by molar-refractivity contribution is -0.137. The van der Waals surface area contributed by atoms with E-state index < -0.39 is 22.7 Å². The highest BCUT2D eigenvalue weighted by Gasteiger charge is 2.34. The molecule has 0 aliphatic carbocycles. The Bertz CT molecular complexity index is 1100. The Morgan fingerprint density at radius 1 is 1.27 bits per heavy atom. The van der Waals surface area contributed by atoms with Crippen LogP contribution in [-0.4, -0.2) is 26.6 Å². The first-order valence-electron chi connectivity index (χ1n) is 8.49. The summed E-state index contributed by atoms with van der Waals surface area (Å²) in [5.41, 5.74) is -0.616. The van der Waals surface area contributed by atoms with Crippen LogP contribution in [0.15, 0.2) is 29.3 Å². The van der Waals surface area contributed by atoms with Crippen LogP contribution in [0.4, 0.5) is 19.0 Å². The minimum atomic E-state index is -4.68. The molecule has 0 radical (unpaired) electrons. The van der Waals surface area contributed by atoms with Crippen molar-refractivity contribution >= 4 is 40.4 Å². The topological polar surface area (TPSA) is 98.0 Å². The van der Waals surface area contributed by atoms with Gasteiger partial charge in [-0.25, -0.2) is 15.0 Å². The highest BCUT2D eigenvalue weighted by Crippen LogP contribution is 2.35. The van der Waals surface area contributed by atoms with E-state index in [1.165, 1.54) is 12.6 Å². The minimum absolute atomic E-state index is 0.0955. The lowest BCUT2D eigenvalue weighted by Gasteiger charge is -2.10. The zero-order valence-corrected chi connectivity index (χ0v) is 17.2. The van der Waals surface area contributed by atoms with Crippen molar-refractivity contribution in [2.75, 3.05) is 5.32 Å². The standard InChI is InChI=1S/C18H14ClF3N4O3S/c1-8(3-12(27)15-9(2)25-7-29-15)17-24-6-13(30-17)16(28)26-14-4-10(18(20,21)22)11(19)5-23-14/h4-8H,3H2,1-2H3,(H,23,26,28)/t8-/m0/s1. The van der Waals surface area contributed by atoms with E-state index in [9.17, 15) is 22.8 Å². The van der Waals surface area contributed by atoms with Gasteiger partial charge in [-0.1, -0.05) is 18.5 Å². The highest BCUT2D eigenvalue weighted by atomic mass is 35.5. The van der Waals surface area contributed by atoms with Crippen molar-refractivity contribution in [2.24, 2.45) is 0 Å². The van der Waals surface area contributed by atoms with Crippen LogP contribution in [0.2, 0.25) is 5.02 Å². The lowest BCUT2D eigenvalue weighted by atomic mass is 10.0. The molecule has 0 fully saturated rings. The number of aryl methyl sites for hydroxylation is 1. The Kier molecular flexibility index (Phi) is 6.22. The number of pyridine rings is 1. The van der Waals surface area contributed by atoms with Crippen molar-refractivity contribution in [1.82, 2.24) is 15.0 Å². The number of rotatable bonds is 6. The Hall–Kier alpha value is -2.79. The average Bonchev–Trinajstić information content (AvgIpc) is 3.31. The fourth-order valence-electron chi connectivity index (χ4n) is 2.55. The Morgan fingerprint density at radius 3 is 2.63 bits per heavy atom. The van der Waals surface area contributed by atoms with Gasteiger partial charge < -0.3 is 9.73 Å². The molecule has 0 saturated heterocycles. The summed E-state index contributed by atoms with van der Waals surface area (Å²) >= 11 is 6.55. The van der Waals surface area contributed by atoms with Crippen LogP contribution in [0.1, 0.15) is 55.8 Å². The van der Waals surface area contributed by atoms with E-state index >= 15 is 0 Å². The van der Waals surface area contributed by atoms with E-state index in [2.05, 4.69) is 20.3 Å². The molecule has 0 unspecified atom stereocenters. The van der Waals surface area contributed by atoms with Gasteiger partial charge in [-0.3, -0.25) is 9.59 Å². The Morgan fingerprint density at radius 2 is 2.00 bits per heavy atom. The van der Waals surface area contributed by atoms with E-state index in [4.69, 9.17) is 16.0 Å². The van der Waals surface area contributed by atoms with Crippen LogP contribution in [0.5, 0.6) is 0 Å². The van der Waals surface area contributed by atoms with Gasteiger partial charge in [0.1, 0.15) is 10.7 Å². The fraction of sp³-hybridized carbons (Fsp3) is 0.278. The second-order valence-electron chi connectivity index (χ2n) is 6.36. The van der Waals surface area contributed by atoms with Crippen molar-refractivity contribution in [1.29, 1.82) is 0 Å². The van der Waals surface area contributed by atoms with Gasteiger partial charge in [0.15, 0.2) is 12.2 Å². The number of alkyl halides is 3. The smallest absolute Gasteiger partial charge is 0.418 e. The zero-order chi connectivity index (χ0) is 22.1. The maximum Gasteiger partial charge on any atom is 0.418 e. The molecule has 0 saturated carbocycles. The lowest BCUT2D eigenvalue weighted by Crippen LogP contribution is -2.13. The number of nitrogens with one attached hydrogen (secondary N) is 1. The van der Waals surface area contributed by atoms with Crippen LogP contribution in [0.3, 0.4) is 0 Å². The van der Waals surface area contributed by atoms with Crippen LogP contribution in [0.25, 0.3) is 0 Å². The Balaban J connectivity index is 1.69. The molecule has 7 nitrogen and oxygen atoms in total. The Labute approximate surface area is 177 Å². The van der Waals surface area contributed by atoms with Gasteiger partial charge in [-0.2, -0.15) is 13.2 Å². The van der Waals surface area contributed by atoms with E-state index in [1.807, 2.05) is 0 Å². The third kappa shape index (κ3) is 4.85. The predicted octanol–water partition coefficient (Wildman–Crippen LogP) is 5.14. The number of carbonyl (C=O) groups is 2. The van der Waals surface area contributed by atoms with Gasteiger partial charge in [0.2, 0.25) is 5.78 Å². The predicted molar refractivity (Wildman–Crippen MR) is 103 cm³/mol. The molecule has 3 aromatic rings. The third-order valence-corrected chi connectivity index (χ3v) is 5.59. The first kappa shape index (κ1) is 21.9. The largest absolute Gasteiger partial charge is 0.440 e. The van der Waals surface area contributed by atoms with Crippen LogP contribution in [0, 0.1) is 6.92 Å². The van der Waals surface area contributed by atoms with Crippen LogP contribution in [-0.2, 0) is 6.18 Å². The quantitative estimate of drug-likeness (QED) is 0.514. The second-order valence-corrected chi connectivity index (χ2v) is 7.83. The molecule has 1 N–H and O–H groups in total. The number of hydrogen-bond donors (Lipinski definition) is 1. The number of hydrogen-bond acceptors (Lipinski definition) is 7. The summed E-state index contributed by atoms with van der Waals surface area (Å²) < 4.78 is 43.9. The molecule has 3 rings (SSSR count). The van der Waals surface area contributed by atoms with E-state index in [-0.39, 0.29) is 34.6 Å². The van der Waals surface area contributed by atoms with Gasteiger partial charge in [0, 0.05) is 18.5 Å². The summed E-state index contributed by atoms with van der Waals surface area (Å²) in [5.74, 6) is -1.35. The summed E-state index contributed by atoms with van der Waals surface area (Å²) in [6.45, 7) is 3.42. The summed E-state index contributed by atoms with van der Waals surface area (Å²) in [5, 5.41) is 2.24. The third-order valence-electron chi connectivity index (χ3n) is 4.06. The molecule has 0 spiro atoms. The van der Waals surface area contributed by atoms with Crippen molar-refractivity contribution in [2.45, 2.75) is 32.4 Å². The minimum Gasteiger partial charge on any atom is -0.440 e. The van der Waals surface area contributed by atoms with Crippen LogP contribution >= 0.6 is 22.9 Å². The number of thiazole rings is 1. The maximum atomic E-state index is 12.9. The fourth-order valence-corrected chi connectivity index (χ4v) is 3.63. The van der Waals surface area contributed by atoms with E-state index in [0.717, 1.165) is 17.5 Å². The number of Topliss-reactive ketones (excluding diaryl/α,β-unsaturated/α-hetero) is 1. The van der Waals surface area contributed by atoms with Crippen molar-refractivity contribution in [3.8, 4) is 0 Å². The molecule has 0 aliphatic heterocycles. The molecular formula is C18H14ClF3N4O3S. The number of oxazole rings is 1. The van der Waals surface area contributed by atoms with Gasteiger partial charge in [-0.05, 0) is 13.0 Å². The zero-order valence-electron chi connectivity index (χ0n) is 15.6. The van der Waals surface area contributed by atoms with Gasteiger partial charge in [-0.15, -0.1) is 11.3 Å². The number of aromatic nitrogens is 3. The molecule has 0 bridgehead atoms. The number of nitrogens with zero attached hydrogens (tertiary/aromatic N) is 3. The SMILES string of the molecule is Cc1ncoc1C(=O)C[C@H](C)c1ncc(C(=O)Nc2cc(C(F)(F)F)c(Cl)cn2)s1. The van der Waals surface area contributed by atoms with Crippen molar-refractivity contribution < 1.29 is 27.2 Å². The molecule has 1 amide bonds. The van der Waals surface area contributed by atoms with Gasteiger partial charge in [0.25, 0.3) is 5.91 Å². The number of anilines is 1. The molecule has 30 heavy (non-hydrogen) atoms. The molecule has 0 aliphatic rings. The molecule has 3 heterocycles. The molecule has 12 heteroatoms. The number of halogens is 4. The van der Waals surface area contributed by atoms with Crippen molar-refractivity contribution in [3.63, 3.8) is 0 Å². The van der Waals surface area contributed by atoms with Crippen LogP contribution < -0.4 is 5.32 Å². The van der Waals surface area contributed by atoms with E-state index in [1.54, 1.807) is 13.8 Å². The molecule has 1 atom stereocenters. The van der Waals surface area contributed by atoms with Gasteiger partial charge in [0.05, 0.1) is 27.5 Å². The summed E-state index contributed by atoms with van der Waals surface area (Å²) in [4.78, 5) is 36.5. The summed E-state index contributed by atoms with van der Waals surface area (Å²) in [6, 6.07) is 0.656. The molecular weight excluding hydrogens is 445 g/mol. The summed E-state index contributed by atoms with van der Waals surface area (Å²) in [6.07, 6.45) is -1.29. The average molecular weight is 459 g/mol. The molecule has 0 aromatic carbocycles. The maximum absolute atomic E-state index is 12.9. The summed E-state index contributed by atoms with van der Waals surface area (Å²) in [7, 11) is 0. The monoisotopic (exact) mass is 458 g/mol. The van der Waals surface area contributed by atoms with Gasteiger partial charge >= 0.3 is 6.18 Å². The molecule has 158 valence electrons. The first-order chi connectivity index (χ1) is 14.1. The normalized spacial score (nSPS) is 12.6. The van der Waals surface area contributed by atoms with Crippen molar-refractivity contribution in [3.05, 3.63) is 56.8 Å². The van der Waals surface area contributed by atoms with E-state index in [0.29, 0.717) is 16.8 Å². The number of ketones is 1. The second kappa shape index (κ2) is 8.52. The molecule has 3 aromatic heterocycles. The highest BCUT2D eigenvalue weighted by molar-refractivity contribution is 7.13. The number of carbonyl (C=O) groups excluding carboxylic acids is 2. The first-order valence-corrected chi connectivity index (χ1v) is 9.68. The number of amides is 1.